The summed E-state index contributed by atoms with van der Waals surface area (Å²) in [5.41, 5.74) is 1.33. The summed E-state index contributed by atoms with van der Waals surface area (Å²) in [4.78, 5) is 23.0. The molecule has 0 atom stereocenters. The van der Waals surface area contributed by atoms with Gasteiger partial charge >= 0.3 is 5.97 Å². The average Bonchev–Trinajstić information content (AvgIpc) is 2.44. The van der Waals surface area contributed by atoms with Crippen molar-refractivity contribution in [3.05, 3.63) is 29.8 Å². The van der Waals surface area contributed by atoms with Gasteiger partial charge in [0.25, 0.3) is 5.91 Å². The van der Waals surface area contributed by atoms with Gasteiger partial charge in [-0.3, -0.25) is 4.79 Å². The second-order valence-corrected chi connectivity index (χ2v) is 4.45. The van der Waals surface area contributed by atoms with Crippen LogP contribution in [-0.2, 0) is 14.3 Å². The summed E-state index contributed by atoms with van der Waals surface area (Å²) in [5.74, 6) is 0.0810. The summed E-state index contributed by atoms with van der Waals surface area (Å²) >= 11 is 0. The van der Waals surface area contributed by atoms with Crippen molar-refractivity contribution in [3.63, 3.8) is 0 Å². The molecule has 6 heteroatoms. The monoisotopic (exact) mass is 293 g/mol. The molecule has 6 nitrogen and oxygen atoms in total. The van der Waals surface area contributed by atoms with E-state index in [-0.39, 0.29) is 6.61 Å². The molecule has 0 saturated heterocycles. The zero-order chi connectivity index (χ0) is 15.8. The Morgan fingerprint density at radius 2 is 1.81 bits per heavy atom. The van der Waals surface area contributed by atoms with E-state index in [4.69, 9.17) is 14.2 Å². The Hall–Kier alpha value is -2.50. The van der Waals surface area contributed by atoms with Crippen LogP contribution in [0.2, 0.25) is 0 Å². The smallest absolute Gasteiger partial charge is 0.331 e. The molecule has 0 fully saturated rings. The third-order valence-corrected chi connectivity index (χ3v) is 2.42. The SMILES string of the molecule is COc1ccc(NC(=O)COC(=O)C=C(C)C)cc1OC. The summed E-state index contributed by atoms with van der Waals surface area (Å²) in [6.45, 7) is 3.19. The van der Waals surface area contributed by atoms with Gasteiger partial charge in [0.2, 0.25) is 0 Å². The number of allylic oxidation sites excluding steroid dienone is 1. The van der Waals surface area contributed by atoms with Crippen LogP contribution in [0.25, 0.3) is 0 Å². The molecular weight excluding hydrogens is 274 g/mol. The molecule has 0 radical (unpaired) electrons. The Labute approximate surface area is 123 Å². The van der Waals surface area contributed by atoms with E-state index in [1.54, 1.807) is 32.0 Å². The number of amides is 1. The molecule has 0 saturated carbocycles. The van der Waals surface area contributed by atoms with Crippen LogP contribution in [0.3, 0.4) is 0 Å². The molecule has 0 aromatic heterocycles. The fourth-order valence-corrected chi connectivity index (χ4v) is 1.53. The maximum absolute atomic E-state index is 11.7. The number of ether oxygens (including phenoxy) is 3. The average molecular weight is 293 g/mol. The number of hydrogen-bond acceptors (Lipinski definition) is 5. The highest BCUT2D eigenvalue weighted by atomic mass is 16.5. The van der Waals surface area contributed by atoms with E-state index >= 15 is 0 Å². The lowest BCUT2D eigenvalue weighted by Gasteiger charge is -2.10. The molecule has 0 bridgehead atoms. The minimum absolute atomic E-state index is 0.350. The van der Waals surface area contributed by atoms with Gasteiger partial charge in [-0.15, -0.1) is 0 Å². The van der Waals surface area contributed by atoms with Crippen molar-refractivity contribution in [2.45, 2.75) is 13.8 Å². The van der Waals surface area contributed by atoms with E-state index in [9.17, 15) is 9.59 Å². The molecule has 1 aromatic carbocycles. The summed E-state index contributed by atoms with van der Waals surface area (Å²) in [6.07, 6.45) is 1.32. The zero-order valence-corrected chi connectivity index (χ0v) is 12.6. The molecule has 0 spiro atoms. The van der Waals surface area contributed by atoms with Gasteiger partial charge in [-0.1, -0.05) is 5.57 Å². The molecule has 114 valence electrons. The topological polar surface area (TPSA) is 73.9 Å². The second-order valence-electron chi connectivity index (χ2n) is 4.45. The number of rotatable bonds is 6. The Balaban J connectivity index is 2.59. The maximum atomic E-state index is 11.7. The highest BCUT2D eigenvalue weighted by Crippen LogP contribution is 2.29. The summed E-state index contributed by atoms with van der Waals surface area (Å²) in [6, 6.07) is 4.95. The first kappa shape index (κ1) is 16.6. The predicted octanol–water partition coefficient (Wildman–Crippen LogP) is 2.15. The number of esters is 1. The minimum atomic E-state index is -0.544. The maximum Gasteiger partial charge on any atom is 0.331 e. The van der Waals surface area contributed by atoms with Crippen LogP contribution in [0.5, 0.6) is 11.5 Å². The molecule has 1 N–H and O–H groups in total. The van der Waals surface area contributed by atoms with Gasteiger partial charge in [0.15, 0.2) is 18.1 Å². The Bertz CT molecular complexity index is 547. The third kappa shape index (κ3) is 5.56. The van der Waals surface area contributed by atoms with Crippen molar-refractivity contribution in [2.24, 2.45) is 0 Å². The van der Waals surface area contributed by atoms with Crippen LogP contribution >= 0.6 is 0 Å². The largest absolute Gasteiger partial charge is 0.493 e. The van der Waals surface area contributed by atoms with E-state index in [2.05, 4.69) is 5.32 Å². The van der Waals surface area contributed by atoms with Gasteiger partial charge in [0, 0.05) is 17.8 Å². The number of carbonyl (C=O) groups is 2. The summed E-state index contributed by atoms with van der Waals surface area (Å²) < 4.78 is 15.0. The first-order valence-electron chi connectivity index (χ1n) is 6.29. The quantitative estimate of drug-likeness (QED) is 0.642. The van der Waals surface area contributed by atoms with Crippen molar-refractivity contribution in [2.75, 3.05) is 26.1 Å². The van der Waals surface area contributed by atoms with Gasteiger partial charge in [-0.25, -0.2) is 4.79 Å². The fraction of sp³-hybridized carbons (Fsp3) is 0.333. The van der Waals surface area contributed by atoms with E-state index in [0.717, 1.165) is 5.57 Å². The molecular formula is C15H19NO5. The molecule has 1 aromatic rings. The number of hydrogen-bond donors (Lipinski definition) is 1. The lowest BCUT2D eigenvalue weighted by molar-refractivity contribution is -0.142. The van der Waals surface area contributed by atoms with Crippen LogP contribution in [0.15, 0.2) is 29.8 Å². The standard InChI is InChI=1S/C15H19NO5/c1-10(2)7-15(18)21-9-14(17)16-11-5-6-12(19-3)13(8-11)20-4/h5-8H,9H2,1-4H3,(H,16,17). The second kappa shape index (κ2) is 7.94. The first-order chi connectivity index (χ1) is 9.96. The van der Waals surface area contributed by atoms with E-state index in [0.29, 0.717) is 17.2 Å². The lowest BCUT2D eigenvalue weighted by Crippen LogP contribution is -2.20. The van der Waals surface area contributed by atoms with Crippen LogP contribution in [0.1, 0.15) is 13.8 Å². The molecule has 0 unspecified atom stereocenters. The molecule has 1 rings (SSSR count). The van der Waals surface area contributed by atoms with Gasteiger partial charge < -0.3 is 19.5 Å². The zero-order valence-electron chi connectivity index (χ0n) is 12.6. The van der Waals surface area contributed by atoms with Crippen molar-refractivity contribution in [3.8, 4) is 11.5 Å². The Morgan fingerprint density at radius 1 is 1.14 bits per heavy atom. The van der Waals surface area contributed by atoms with E-state index in [1.807, 2.05) is 0 Å². The van der Waals surface area contributed by atoms with E-state index < -0.39 is 11.9 Å². The highest BCUT2D eigenvalue weighted by Gasteiger charge is 2.09. The molecule has 0 aliphatic carbocycles. The Kier molecular flexibility index (Phi) is 6.26. The molecule has 21 heavy (non-hydrogen) atoms. The molecule has 0 heterocycles. The van der Waals surface area contributed by atoms with Crippen LogP contribution < -0.4 is 14.8 Å². The molecule has 0 aliphatic heterocycles. The van der Waals surface area contributed by atoms with E-state index in [1.165, 1.54) is 20.3 Å². The number of anilines is 1. The van der Waals surface area contributed by atoms with Gasteiger partial charge in [0.1, 0.15) is 0 Å². The van der Waals surface area contributed by atoms with Gasteiger partial charge in [-0.05, 0) is 26.0 Å². The number of nitrogens with one attached hydrogen (secondary N) is 1. The van der Waals surface area contributed by atoms with Gasteiger partial charge in [-0.2, -0.15) is 0 Å². The summed E-state index contributed by atoms with van der Waals surface area (Å²) in [5, 5.41) is 2.60. The predicted molar refractivity (Wildman–Crippen MR) is 78.6 cm³/mol. The number of methoxy groups -OCH3 is 2. The highest BCUT2D eigenvalue weighted by molar-refractivity contribution is 5.94. The Morgan fingerprint density at radius 3 is 2.38 bits per heavy atom. The van der Waals surface area contributed by atoms with Crippen molar-refractivity contribution < 1.29 is 23.8 Å². The lowest BCUT2D eigenvalue weighted by atomic mass is 10.2. The van der Waals surface area contributed by atoms with Crippen molar-refractivity contribution in [1.29, 1.82) is 0 Å². The van der Waals surface area contributed by atoms with Crippen molar-refractivity contribution >= 4 is 17.6 Å². The van der Waals surface area contributed by atoms with Crippen molar-refractivity contribution in [1.82, 2.24) is 0 Å². The van der Waals surface area contributed by atoms with Gasteiger partial charge in [0.05, 0.1) is 14.2 Å². The first-order valence-corrected chi connectivity index (χ1v) is 6.29. The number of carbonyl (C=O) groups excluding carboxylic acids is 2. The normalized spacial score (nSPS) is 9.52. The number of benzene rings is 1. The minimum Gasteiger partial charge on any atom is -0.493 e. The molecule has 0 aliphatic rings. The fourth-order valence-electron chi connectivity index (χ4n) is 1.53. The summed E-state index contributed by atoms with van der Waals surface area (Å²) in [7, 11) is 3.03. The van der Waals surface area contributed by atoms with Crippen LogP contribution in [0, 0.1) is 0 Å². The molecule has 1 amide bonds. The van der Waals surface area contributed by atoms with Crippen LogP contribution in [-0.4, -0.2) is 32.7 Å². The van der Waals surface area contributed by atoms with Crippen LogP contribution in [0.4, 0.5) is 5.69 Å². The third-order valence-electron chi connectivity index (χ3n) is 2.42.